The molecule has 128 valence electrons. The largest absolute Gasteiger partial charge is 0.351 e. The van der Waals surface area contributed by atoms with Crippen LogP contribution < -0.4 is 10.0 Å². The van der Waals surface area contributed by atoms with Gasteiger partial charge in [0.2, 0.25) is 10.0 Å². The zero-order chi connectivity index (χ0) is 17.6. The number of carbonyl (C=O) groups excluding carboxylic acids is 1. The molecule has 2 aromatic carbocycles. The Kier molecular flexibility index (Phi) is 6.53. The number of halogens is 1. The van der Waals surface area contributed by atoms with Gasteiger partial charge in [-0.3, -0.25) is 9.52 Å². The molecule has 2 aromatic rings. The summed E-state index contributed by atoms with van der Waals surface area (Å²) in [5.74, 6) is 0.375. The molecule has 2 rings (SSSR count). The number of carbonyl (C=O) groups is 1. The molecule has 0 radical (unpaired) electrons. The SMILES string of the molecule is CS(=O)(=O)Nc1ccc(Cl)c(C(=O)NCCSc2ccccc2)c1. The number of rotatable bonds is 7. The number of amides is 1. The Labute approximate surface area is 150 Å². The molecule has 8 heteroatoms. The van der Waals surface area contributed by atoms with E-state index in [2.05, 4.69) is 10.0 Å². The van der Waals surface area contributed by atoms with E-state index in [1.165, 1.54) is 18.2 Å². The molecule has 1 amide bonds. The predicted octanol–water partition coefficient (Wildman–Crippen LogP) is 3.23. The summed E-state index contributed by atoms with van der Waals surface area (Å²) >= 11 is 7.66. The predicted molar refractivity (Wildman–Crippen MR) is 99.4 cm³/mol. The van der Waals surface area contributed by atoms with Crippen molar-refractivity contribution >= 4 is 45.0 Å². The van der Waals surface area contributed by atoms with E-state index in [9.17, 15) is 13.2 Å². The van der Waals surface area contributed by atoms with Crippen molar-refractivity contribution in [1.29, 1.82) is 0 Å². The lowest BCUT2D eigenvalue weighted by Gasteiger charge is -2.09. The van der Waals surface area contributed by atoms with E-state index in [-0.39, 0.29) is 16.5 Å². The van der Waals surface area contributed by atoms with Crippen LogP contribution in [-0.4, -0.2) is 32.9 Å². The van der Waals surface area contributed by atoms with Gasteiger partial charge in [0, 0.05) is 22.9 Å². The second-order valence-electron chi connectivity index (χ2n) is 4.99. The summed E-state index contributed by atoms with van der Waals surface area (Å²) in [6.07, 6.45) is 1.04. The number of thioether (sulfide) groups is 1. The summed E-state index contributed by atoms with van der Waals surface area (Å²) in [6, 6.07) is 14.3. The number of anilines is 1. The topological polar surface area (TPSA) is 75.3 Å². The summed E-state index contributed by atoms with van der Waals surface area (Å²) in [5.41, 5.74) is 0.528. The fourth-order valence-corrected chi connectivity index (χ4v) is 3.47. The fraction of sp³-hybridized carbons (Fsp3) is 0.188. The molecule has 2 N–H and O–H groups in total. The second kappa shape index (κ2) is 8.41. The normalized spacial score (nSPS) is 11.1. The molecule has 5 nitrogen and oxygen atoms in total. The van der Waals surface area contributed by atoms with Crippen molar-refractivity contribution in [2.75, 3.05) is 23.3 Å². The fourth-order valence-electron chi connectivity index (χ4n) is 1.92. The highest BCUT2D eigenvalue weighted by Gasteiger charge is 2.12. The van der Waals surface area contributed by atoms with E-state index in [0.717, 1.165) is 11.2 Å². The van der Waals surface area contributed by atoms with Crippen molar-refractivity contribution in [3.63, 3.8) is 0 Å². The van der Waals surface area contributed by atoms with Crippen molar-refractivity contribution in [2.24, 2.45) is 0 Å². The molecule has 0 atom stereocenters. The van der Waals surface area contributed by atoms with E-state index >= 15 is 0 Å². The monoisotopic (exact) mass is 384 g/mol. The van der Waals surface area contributed by atoms with Gasteiger partial charge in [-0.1, -0.05) is 29.8 Å². The molecular formula is C16H17ClN2O3S2. The molecule has 0 aliphatic heterocycles. The van der Waals surface area contributed by atoms with Crippen LogP contribution in [-0.2, 0) is 10.0 Å². The van der Waals surface area contributed by atoms with Gasteiger partial charge in [-0.05, 0) is 30.3 Å². The van der Waals surface area contributed by atoms with Crippen LogP contribution in [0.15, 0.2) is 53.4 Å². The average Bonchev–Trinajstić information content (AvgIpc) is 2.53. The molecule has 0 fully saturated rings. The molecule has 0 aromatic heterocycles. The highest BCUT2D eigenvalue weighted by atomic mass is 35.5. The van der Waals surface area contributed by atoms with Crippen LogP contribution in [0.3, 0.4) is 0 Å². The van der Waals surface area contributed by atoms with Crippen LogP contribution in [0, 0.1) is 0 Å². The van der Waals surface area contributed by atoms with Crippen LogP contribution >= 0.6 is 23.4 Å². The Balaban J connectivity index is 1.93. The van der Waals surface area contributed by atoms with E-state index in [1.807, 2.05) is 30.3 Å². The smallest absolute Gasteiger partial charge is 0.252 e. The third-order valence-corrected chi connectivity index (χ3v) is 4.86. The van der Waals surface area contributed by atoms with Gasteiger partial charge in [0.15, 0.2) is 0 Å². The molecule has 0 unspecified atom stereocenters. The van der Waals surface area contributed by atoms with Gasteiger partial charge in [0.1, 0.15) is 0 Å². The maximum absolute atomic E-state index is 12.2. The molecule has 0 aliphatic rings. The molecular weight excluding hydrogens is 368 g/mol. The number of benzene rings is 2. The van der Waals surface area contributed by atoms with Crippen LogP contribution in [0.1, 0.15) is 10.4 Å². The Bertz CT molecular complexity index is 811. The van der Waals surface area contributed by atoms with Crippen LogP contribution in [0.4, 0.5) is 5.69 Å². The van der Waals surface area contributed by atoms with Gasteiger partial charge in [-0.25, -0.2) is 8.42 Å². The summed E-state index contributed by atoms with van der Waals surface area (Å²) in [5, 5.41) is 3.04. The summed E-state index contributed by atoms with van der Waals surface area (Å²) in [6.45, 7) is 0.471. The maximum atomic E-state index is 12.2. The van der Waals surface area contributed by atoms with Gasteiger partial charge in [-0.15, -0.1) is 11.8 Å². The second-order valence-corrected chi connectivity index (χ2v) is 8.31. The minimum absolute atomic E-state index is 0.232. The zero-order valence-electron chi connectivity index (χ0n) is 13.0. The third kappa shape index (κ3) is 6.07. The molecule has 0 heterocycles. The van der Waals surface area contributed by atoms with Crippen molar-refractivity contribution in [1.82, 2.24) is 5.32 Å². The maximum Gasteiger partial charge on any atom is 0.252 e. The standard InChI is InChI=1S/C16H17ClN2O3S2/c1-24(21,22)19-12-7-8-15(17)14(11-12)16(20)18-9-10-23-13-5-3-2-4-6-13/h2-8,11,19H,9-10H2,1H3,(H,18,20). The van der Waals surface area contributed by atoms with E-state index in [0.29, 0.717) is 18.0 Å². The van der Waals surface area contributed by atoms with E-state index in [1.54, 1.807) is 11.8 Å². The minimum Gasteiger partial charge on any atom is -0.351 e. The number of sulfonamides is 1. The Morgan fingerprint density at radius 1 is 1.17 bits per heavy atom. The molecule has 0 spiro atoms. The first-order valence-corrected chi connectivity index (χ1v) is 10.3. The molecule has 0 bridgehead atoms. The average molecular weight is 385 g/mol. The Morgan fingerprint density at radius 2 is 1.88 bits per heavy atom. The summed E-state index contributed by atoms with van der Waals surface area (Å²) < 4.78 is 24.9. The molecule has 24 heavy (non-hydrogen) atoms. The van der Waals surface area contributed by atoms with Crippen LogP contribution in [0.25, 0.3) is 0 Å². The van der Waals surface area contributed by atoms with E-state index in [4.69, 9.17) is 11.6 Å². The Hall–Kier alpha value is -1.70. The van der Waals surface area contributed by atoms with Crippen molar-refractivity contribution < 1.29 is 13.2 Å². The van der Waals surface area contributed by atoms with Gasteiger partial charge in [0.25, 0.3) is 5.91 Å². The van der Waals surface area contributed by atoms with Crippen LogP contribution in [0.2, 0.25) is 5.02 Å². The number of hydrogen-bond donors (Lipinski definition) is 2. The van der Waals surface area contributed by atoms with Gasteiger partial charge >= 0.3 is 0 Å². The first kappa shape index (κ1) is 18.6. The summed E-state index contributed by atoms with van der Waals surface area (Å²) in [7, 11) is -3.41. The minimum atomic E-state index is -3.41. The summed E-state index contributed by atoms with van der Waals surface area (Å²) in [4.78, 5) is 13.3. The van der Waals surface area contributed by atoms with E-state index < -0.39 is 10.0 Å². The number of nitrogens with one attached hydrogen (secondary N) is 2. The molecule has 0 aliphatic carbocycles. The Morgan fingerprint density at radius 3 is 2.54 bits per heavy atom. The quantitative estimate of drug-likeness (QED) is 0.567. The first-order chi connectivity index (χ1) is 11.3. The van der Waals surface area contributed by atoms with Gasteiger partial charge in [-0.2, -0.15) is 0 Å². The van der Waals surface area contributed by atoms with Crippen molar-refractivity contribution in [3.8, 4) is 0 Å². The zero-order valence-corrected chi connectivity index (χ0v) is 15.3. The lowest BCUT2D eigenvalue weighted by molar-refractivity contribution is 0.0956. The highest BCUT2D eigenvalue weighted by molar-refractivity contribution is 7.99. The molecule has 0 saturated carbocycles. The highest BCUT2D eigenvalue weighted by Crippen LogP contribution is 2.21. The number of hydrogen-bond acceptors (Lipinski definition) is 4. The van der Waals surface area contributed by atoms with Crippen LogP contribution in [0.5, 0.6) is 0 Å². The lowest BCUT2D eigenvalue weighted by Crippen LogP contribution is -2.26. The van der Waals surface area contributed by atoms with Gasteiger partial charge in [0.05, 0.1) is 16.8 Å². The molecule has 0 saturated heterocycles. The van der Waals surface area contributed by atoms with Crippen molar-refractivity contribution in [2.45, 2.75) is 4.90 Å². The lowest BCUT2D eigenvalue weighted by atomic mass is 10.2. The van der Waals surface area contributed by atoms with Gasteiger partial charge < -0.3 is 5.32 Å². The third-order valence-electron chi connectivity index (χ3n) is 2.91. The van der Waals surface area contributed by atoms with Crippen molar-refractivity contribution in [3.05, 3.63) is 59.1 Å². The first-order valence-electron chi connectivity index (χ1n) is 7.08.